The van der Waals surface area contributed by atoms with Crippen molar-refractivity contribution in [2.45, 2.75) is 49.6 Å². The average molecular weight is 623 g/mol. The van der Waals surface area contributed by atoms with Crippen LogP contribution < -0.4 is 15.2 Å². The van der Waals surface area contributed by atoms with E-state index < -0.39 is 57.2 Å². The molecule has 3 N–H and O–H groups in total. The van der Waals surface area contributed by atoms with E-state index in [-0.39, 0.29) is 26.5 Å². The Morgan fingerprint density at radius 3 is 2.05 bits per heavy atom. The smallest absolute Gasteiger partial charge is 0.429 e. The maximum Gasteiger partial charge on any atom is 0.429 e. The van der Waals surface area contributed by atoms with Crippen molar-refractivity contribution in [3.63, 3.8) is 0 Å². The predicted molar refractivity (Wildman–Crippen MR) is 150 cm³/mol. The van der Waals surface area contributed by atoms with E-state index in [0.717, 1.165) is 6.07 Å². The third-order valence-corrected chi connectivity index (χ3v) is 7.54. The van der Waals surface area contributed by atoms with E-state index in [1.54, 1.807) is 32.9 Å². The molecule has 0 saturated heterocycles. The number of halogens is 4. The van der Waals surface area contributed by atoms with Crippen LogP contribution in [0.4, 0.5) is 19.0 Å². The Labute approximate surface area is 244 Å². The number of carbonyl (C=O) groups is 1. The molecule has 0 aliphatic heterocycles. The van der Waals surface area contributed by atoms with Crippen LogP contribution in [-0.4, -0.2) is 36.1 Å². The molecule has 0 radical (unpaired) electrons. The fourth-order valence-electron chi connectivity index (χ4n) is 3.92. The predicted octanol–water partition coefficient (Wildman–Crippen LogP) is 6.11. The minimum Gasteiger partial charge on any atom is -0.459 e. The molecule has 0 spiro atoms. The van der Waals surface area contributed by atoms with Gasteiger partial charge in [0, 0.05) is 5.56 Å². The number of aromatic nitrogens is 2. The van der Waals surface area contributed by atoms with Crippen LogP contribution in [-0.2, 0) is 19.6 Å². The number of alkyl halides is 3. The second-order valence-corrected chi connectivity index (χ2v) is 12.1. The third-order valence-electron chi connectivity index (χ3n) is 5.70. The van der Waals surface area contributed by atoms with Crippen LogP contribution in [0.1, 0.15) is 44.0 Å². The van der Waals surface area contributed by atoms with E-state index in [2.05, 4.69) is 14.7 Å². The molecule has 222 valence electrons. The number of benzene rings is 3. The summed E-state index contributed by atoms with van der Waals surface area (Å²) >= 11 is 6.06. The molecule has 0 amide bonds. The lowest BCUT2D eigenvalue weighted by Crippen LogP contribution is -2.34. The van der Waals surface area contributed by atoms with Gasteiger partial charge in [-0.2, -0.15) is 13.2 Å². The molecule has 2 atom stereocenters. The van der Waals surface area contributed by atoms with Gasteiger partial charge in [0.05, 0.1) is 16.1 Å². The van der Waals surface area contributed by atoms with Gasteiger partial charge in [0.25, 0.3) is 15.9 Å². The number of hydrogen-bond donors (Lipinski definition) is 2. The number of rotatable bonds is 8. The summed E-state index contributed by atoms with van der Waals surface area (Å²) < 4.78 is 83.1. The topological polar surface area (TPSA) is 134 Å². The maximum atomic E-state index is 14.6. The zero-order chi connectivity index (χ0) is 30.9. The summed E-state index contributed by atoms with van der Waals surface area (Å²) in [6, 6.07) is 15.1. The number of carbonyl (C=O) groups excluding carboxylic acids is 1. The molecule has 1 aromatic heterocycles. The molecule has 0 fully saturated rings. The zero-order valence-corrected chi connectivity index (χ0v) is 24.1. The second kappa shape index (κ2) is 11.7. The summed E-state index contributed by atoms with van der Waals surface area (Å²) in [4.78, 5) is 20.7. The highest BCUT2D eigenvalue weighted by atomic mass is 35.5. The highest BCUT2D eigenvalue weighted by molar-refractivity contribution is 7.92. The first-order chi connectivity index (χ1) is 19.6. The molecule has 0 saturated carbocycles. The largest absolute Gasteiger partial charge is 0.459 e. The monoisotopic (exact) mass is 622 g/mol. The van der Waals surface area contributed by atoms with Crippen LogP contribution in [0.3, 0.4) is 0 Å². The molecular weight excluding hydrogens is 597 g/mol. The van der Waals surface area contributed by atoms with Crippen LogP contribution in [0.25, 0.3) is 11.0 Å². The average Bonchev–Trinajstić information content (AvgIpc) is 2.89. The summed E-state index contributed by atoms with van der Waals surface area (Å²) in [5, 5.41) is -0.126. The van der Waals surface area contributed by atoms with Gasteiger partial charge in [-0.15, -0.1) is 0 Å². The van der Waals surface area contributed by atoms with Gasteiger partial charge in [-0.1, -0.05) is 60.1 Å². The molecule has 1 heterocycles. The Bertz CT molecular complexity index is 1730. The van der Waals surface area contributed by atoms with Crippen molar-refractivity contribution in [3.8, 4) is 5.88 Å². The molecule has 42 heavy (non-hydrogen) atoms. The highest BCUT2D eigenvalue weighted by Gasteiger charge is 2.46. The molecule has 4 aromatic rings. The van der Waals surface area contributed by atoms with Gasteiger partial charge in [0.2, 0.25) is 11.9 Å². The van der Waals surface area contributed by atoms with Crippen molar-refractivity contribution in [2.75, 3.05) is 4.72 Å². The number of anilines is 1. The highest BCUT2D eigenvalue weighted by Crippen LogP contribution is 2.41. The third kappa shape index (κ3) is 7.09. The van der Waals surface area contributed by atoms with E-state index in [4.69, 9.17) is 26.8 Å². The molecule has 0 bridgehead atoms. The van der Waals surface area contributed by atoms with Crippen LogP contribution in [0.15, 0.2) is 77.7 Å². The molecule has 9 nitrogen and oxygen atoms in total. The van der Waals surface area contributed by atoms with Gasteiger partial charge in [-0.3, -0.25) is 4.72 Å². The lowest BCUT2D eigenvalue weighted by atomic mass is 9.96. The lowest BCUT2D eigenvalue weighted by molar-refractivity contribution is -0.199. The molecule has 0 aliphatic rings. The molecule has 0 aliphatic carbocycles. The summed E-state index contributed by atoms with van der Waals surface area (Å²) in [5.41, 5.74) is 4.71. The minimum absolute atomic E-state index is 0.126. The van der Waals surface area contributed by atoms with Crippen LogP contribution >= 0.6 is 11.6 Å². The van der Waals surface area contributed by atoms with E-state index in [1.807, 2.05) is 0 Å². The second-order valence-electron chi connectivity index (χ2n) is 10.1. The maximum absolute atomic E-state index is 14.6. The van der Waals surface area contributed by atoms with E-state index in [9.17, 15) is 26.4 Å². The first kappa shape index (κ1) is 31.0. The van der Waals surface area contributed by atoms with Crippen molar-refractivity contribution in [1.82, 2.24) is 9.97 Å². The molecule has 4 rings (SSSR count). The van der Waals surface area contributed by atoms with E-state index in [1.165, 1.54) is 54.6 Å². The molecule has 3 aromatic carbocycles. The number of hydrogen-bond acceptors (Lipinski definition) is 8. The number of nitrogens with one attached hydrogen (secondary N) is 1. The molecule has 14 heteroatoms. The minimum atomic E-state index is -5.07. The van der Waals surface area contributed by atoms with Crippen molar-refractivity contribution in [2.24, 2.45) is 5.73 Å². The Morgan fingerprint density at radius 1 is 0.905 bits per heavy atom. The number of sulfonamides is 1. The van der Waals surface area contributed by atoms with Crippen molar-refractivity contribution >= 4 is 44.4 Å². The van der Waals surface area contributed by atoms with Gasteiger partial charge >= 0.3 is 12.1 Å². The van der Waals surface area contributed by atoms with Crippen LogP contribution in [0.5, 0.6) is 5.88 Å². The van der Waals surface area contributed by atoms with Crippen molar-refractivity contribution in [1.29, 1.82) is 0 Å². The van der Waals surface area contributed by atoms with E-state index in [0.29, 0.717) is 0 Å². The van der Waals surface area contributed by atoms with Gasteiger partial charge in [0.1, 0.15) is 16.5 Å². The fourth-order valence-corrected chi connectivity index (χ4v) is 5.44. The zero-order valence-electron chi connectivity index (χ0n) is 22.5. The first-order valence-electron chi connectivity index (χ1n) is 12.4. The Morgan fingerprint density at radius 2 is 1.45 bits per heavy atom. The number of para-hydroxylation sites is 2. The summed E-state index contributed by atoms with van der Waals surface area (Å²) in [7, 11) is -4.45. The SMILES string of the molecule is CC(C)(C)OC(=O)C(N)c1ccccc1C(Oc1nc2ccccc2nc1NS(=O)(=O)c1ccccc1Cl)C(F)(F)F. The summed E-state index contributed by atoms with van der Waals surface area (Å²) in [5.74, 6) is -2.33. The number of ether oxygens (including phenoxy) is 2. The summed E-state index contributed by atoms with van der Waals surface area (Å²) in [6.45, 7) is 4.78. The fraction of sp³-hybridized carbons (Fsp3) is 0.250. The van der Waals surface area contributed by atoms with Crippen LogP contribution in [0, 0.1) is 0 Å². The lowest BCUT2D eigenvalue weighted by Gasteiger charge is -2.27. The summed E-state index contributed by atoms with van der Waals surface area (Å²) in [6.07, 6.45) is -7.81. The number of fused-ring (bicyclic) bond motifs is 1. The Hall–Kier alpha value is -3.94. The normalized spacial score (nSPS) is 13.8. The van der Waals surface area contributed by atoms with Crippen LogP contribution in [0.2, 0.25) is 5.02 Å². The number of nitrogens with zero attached hydrogens (tertiary/aromatic N) is 2. The van der Waals surface area contributed by atoms with Crippen molar-refractivity contribution < 1.29 is 35.9 Å². The first-order valence-corrected chi connectivity index (χ1v) is 14.3. The van der Waals surface area contributed by atoms with E-state index >= 15 is 0 Å². The molecular formula is C28H26ClF3N4O5S. The number of esters is 1. The molecule has 2 unspecified atom stereocenters. The van der Waals surface area contributed by atoms with Gasteiger partial charge < -0.3 is 15.2 Å². The Balaban J connectivity index is 1.82. The van der Waals surface area contributed by atoms with Gasteiger partial charge in [-0.25, -0.2) is 23.2 Å². The standard InChI is InChI=1S/C28H26ClF3N4O5S/c1-27(2,3)41-26(37)22(33)16-10-4-5-11-17(16)23(28(30,31)32)40-25-24(34-19-13-7-8-14-20(19)35-25)36-42(38,39)21-15-9-6-12-18(21)29/h4-15,22-23H,33H2,1-3H3,(H,34,36). The van der Waals surface area contributed by atoms with Crippen molar-refractivity contribution in [3.05, 3.63) is 88.9 Å². The van der Waals surface area contributed by atoms with Gasteiger partial charge in [-0.05, 0) is 50.6 Å². The number of nitrogens with two attached hydrogens (primary N) is 1. The van der Waals surface area contributed by atoms with Gasteiger partial charge in [0.15, 0.2) is 0 Å². The quantitative estimate of drug-likeness (QED) is 0.225. The Kier molecular flexibility index (Phi) is 8.67.